The Morgan fingerprint density at radius 3 is 3.10 bits per heavy atom. The fourth-order valence-corrected chi connectivity index (χ4v) is 5.33. The van der Waals surface area contributed by atoms with E-state index >= 15 is 0 Å². The lowest BCUT2D eigenvalue weighted by Crippen LogP contribution is -2.35. The molecule has 0 aliphatic carbocycles. The van der Waals surface area contributed by atoms with E-state index in [1.807, 2.05) is 18.2 Å². The smallest absolute Gasteiger partial charge is 0.208 e. The molecule has 1 aromatic carbocycles. The Balaban J connectivity index is 1.10. The first-order valence-electron chi connectivity index (χ1n) is 10.6. The van der Waals surface area contributed by atoms with Crippen molar-refractivity contribution in [2.45, 2.75) is 24.0 Å². The molecule has 2 atom stereocenters. The quantitative estimate of drug-likeness (QED) is 0.450. The zero-order valence-corrected chi connectivity index (χ0v) is 18.0. The van der Waals surface area contributed by atoms with Crippen LogP contribution >= 0.6 is 11.8 Å². The fourth-order valence-electron chi connectivity index (χ4n) is 4.60. The van der Waals surface area contributed by atoms with Gasteiger partial charge in [0.1, 0.15) is 5.69 Å². The van der Waals surface area contributed by atoms with Gasteiger partial charge in [-0.05, 0) is 43.5 Å². The normalized spacial score (nSPS) is 20.7. The number of anilines is 1. The summed E-state index contributed by atoms with van der Waals surface area (Å²) in [6, 6.07) is 10.8. The Hall–Kier alpha value is -2.96. The van der Waals surface area contributed by atoms with Crippen molar-refractivity contribution in [1.29, 1.82) is 5.26 Å². The first-order valence-corrected chi connectivity index (χ1v) is 11.6. The molecule has 9 heteroatoms. The average Bonchev–Trinajstić information content (AvgIpc) is 3.53. The van der Waals surface area contributed by atoms with Crippen LogP contribution in [0.1, 0.15) is 18.4 Å². The second kappa shape index (κ2) is 9.04. The van der Waals surface area contributed by atoms with E-state index in [4.69, 9.17) is 0 Å². The molecule has 0 bridgehead atoms. The van der Waals surface area contributed by atoms with E-state index in [0.717, 1.165) is 48.4 Å². The van der Waals surface area contributed by atoms with Gasteiger partial charge in [-0.25, -0.2) is 4.98 Å². The zero-order valence-electron chi connectivity index (χ0n) is 17.2. The van der Waals surface area contributed by atoms with Crippen LogP contribution in [0.5, 0.6) is 0 Å². The van der Waals surface area contributed by atoms with Crippen molar-refractivity contribution < 1.29 is 0 Å². The Labute approximate surface area is 185 Å². The van der Waals surface area contributed by atoms with Crippen LogP contribution in [0.3, 0.4) is 0 Å². The molecule has 158 valence electrons. The number of hydrogen-bond donors (Lipinski definition) is 1. The van der Waals surface area contributed by atoms with Crippen LogP contribution in [0, 0.1) is 17.2 Å². The van der Waals surface area contributed by atoms with Crippen LogP contribution in [0.15, 0.2) is 48.0 Å². The molecule has 1 N–H and O–H groups in total. The molecule has 2 aliphatic rings. The number of thioether (sulfide) groups is 1. The summed E-state index contributed by atoms with van der Waals surface area (Å²) in [6.45, 7) is 4.45. The Kier molecular flexibility index (Phi) is 5.82. The van der Waals surface area contributed by atoms with Crippen molar-refractivity contribution in [2.24, 2.45) is 5.92 Å². The molecule has 3 aromatic rings. The summed E-state index contributed by atoms with van der Waals surface area (Å²) in [5.74, 6) is 2.36. The Bertz CT molecular complexity index is 1060. The number of hydrogen-bond acceptors (Lipinski definition) is 8. The molecule has 2 fully saturated rings. The van der Waals surface area contributed by atoms with Crippen LogP contribution in [0.2, 0.25) is 0 Å². The number of nitriles is 1. The van der Waals surface area contributed by atoms with E-state index in [9.17, 15) is 5.26 Å². The summed E-state index contributed by atoms with van der Waals surface area (Å²) in [5, 5.41) is 17.2. The molecule has 0 amide bonds. The van der Waals surface area contributed by atoms with Crippen LogP contribution in [-0.4, -0.2) is 68.0 Å². The third-order valence-electron chi connectivity index (χ3n) is 6.05. The van der Waals surface area contributed by atoms with E-state index in [-0.39, 0.29) is 0 Å². The van der Waals surface area contributed by atoms with Gasteiger partial charge in [0.25, 0.3) is 0 Å². The number of fused-ring (bicyclic) bond motifs is 1. The number of aromatic amines is 1. The van der Waals surface area contributed by atoms with Crippen LogP contribution in [0.25, 0.3) is 11.5 Å². The van der Waals surface area contributed by atoms with Gasteiger partial charge in [0, 0.05) is 49.5 Å². The van der Waals surface area contributed by atoms with Crippen molar-refractivity contribution in [1.82, 2.24) is 30.0 Å². The Morgan fingerprint density at radius 1 is 1.26 bits per heavy atom. The predicted molar refractivity (Wildman–Crippen MR) is 120 cm³/mol. The van der Waals surface area contributed by atoms with Gasteiger partial charge in [0.05, 0.1) is 17.8 Å². The highest BCUT2D eigenvalue weighted by molar-refractivity contribution is 7.99. The maximum atomic E-state index is 9.20. The van der Waals surface area contributed by atoms with Crippen LogP contribution < -0.4 is 4.90 Å². The van der Waals surface area contributed by atoms with Crippen molar-refractivity contribution >= 4 is 17.4 Å². The fraction of sp³-hybridized carbons (Fsp3) is 0.409. The van der Waals surface area contributed by atoms with Crippen molar-refractivity contribution in [3.63, 3.8) is 0 Å². The number of rotatable bonds is 7. The average molecular weight is 433 g/mol. The number of aromatic nitrogens is 5. The zero-order chi connectivity index (χ0) is 21.0. The summed E-state index contributed by atoms with van der Waals surface area (Å²) in [6.07, 6.45) is 7.30. The third kappa shape index (κ3) is 4.40. The molecule has 2 unspecified atom stereocenters. The highest BCUT2D eigenvalue weighted by Crippen LogP contribution is 2.35. The number of benzene rings is 1. The standard InChI is InChI=1S/C22H24N8S/c23-12-16-3-1-4-18(11-16)30-9-5-17-14-29(15-20(17)30)8-2-10-31-22-26-21(27-28-22)19-13-24-6-7-25-19/h1,3-4,6-7,11,13,17,20H,2,5,8-10,14-15H2,(H,26,27,28). The third-order valence-corrected chi connectivity index (χ3v) is 6.98. The van der Waals surface area contributed by atoms with E-state index in [1.165, 1.54) is 18.7 Å². The van der Waals surface area contributed by atoms with Crippen molar-refractivity contribution in [3.8, 4) is 17.6 Å². The summed E-state index contributed by atoms with van der Waals surface area (Å²) >= 11 is 1.67. The molecule has 4 heterocycles. The van der Waals surface area contributed by atoms with E-state index in [0.29, 0.717) is 17.6 Å². The van der Waals surface area contributed by atoms with E-state index in [1.54, 1.807) is 30.4 Å². The summed E-state index contributed by atoms with van der Waals surface area (Å²) in [7, 11) is 0. The molecule has 2 saturated heterocycles. The van der Waals surface area contributed by atoms with Gasteiger partial charge in [0.2, 0.25) is 5.16 Å². The number of nitrogens with one attached hydrogen (secondary N) is 1. The molecule has 5 rings (SSSR count). The minimum absolute atomic E-state index is 0.559. The highest BCUT2D eigenvalue weighted by Gasteiger charge is 2.41. The highest BCUT2D eigenvalue weighted by atomic mass is 32.2. The first kappa shape index (κ1) is 20.0. The molecular weight excluding hydrogens is 408 g/mol. The topological polar surface area (TPSA) is 97.6 Å². The monoisotopic (exact) mass is 432 g/mol. The van der Waals surface area contributed by atoms with Crippen LogP contribution in [0.4, 0.5) is 5.69 Å². The second-order valence-electron chi connectivity index (χ2n) is 7.99. The molecule has 31 heavy (non-hydrogen) atoms. The lowest BCUT2D eigenvalue weighted by atomic mass is 10.0. The van der Waals surface area contributed by atoms with Crippen LogP contribution in [-0.2, 0) is 0 Å². The van der Waals surface area contributed by atoms with Gasteiger partial charge >= 0.3 is 0 Å². The van der Waals surface area contributed by atoms with E-state index in [2.05, 4.69) is 47.1 Å². The summed E-state index contributed by atoms with van der Waals surface area (Å²) in [4.78, 5) is 17.9. The molecule has 0 saturated carbocycles. The maximum absolute atomic E-state index is 9.20. The lowest BCUT2D eigenvalue weighted by molar-refractivity contribution is 0.319. The summed E-state index contributed by atoms with van der Waals surface area (Å²) < 4.78 is 0. The predicted octanol–water partition coefficient (Wildman–Crippen LogP) is 2.83. The SMILES string of the molecule is N#Cc1cccc(N2CCC3CN(CCCSc4n[nH]c(-c5cnccn5)n4)CC32)c1. The molecule has 0 spiro atoms. The molecular formula is C22H24N8S. The van der Waals surface area contributed by atoms with Gasteiger partial charge in [-0.15, -0.1) is 5.10 Å². The summed E-state index contributed by atoms with van der Waals surface area (Å²) in [5.41, 5.74) is 2.63. The maximum Gasteiger partial charge on any atom is 0.208 e. The number of H-pyrrole nitrogens is 1. The molecule has 0 radical (unpaired) electrons. The molecule has 2 aromatic heterocycles. The van der Waals surface area contributed by atoms with Gasteiger partial charge in [0.15, 0.2) is 5.82 Å². The van der Waals surface area contributed by atoms with Gasteiger partial charge in [-0.1, -0.05) is 17.8 Å². The molecule has 8 nitrogen and oxygen atoms in total. The van der Waals surface area contributed by atoms with Gasteiger partial charge < -0.3 is 9.80 Å². The first-order chi connectivity index (χ1) is 15.3. The minimum Gasteiger partial charge on any atom is -0.367 e. The molecule has 2 aliphatic heterocycles. The largest absolute Gasteiger partial charge is 0.367 e. The van der Waals surface area contributed by atoms with Gasteiger partial charge in [-0.2, -0.15) is 10.2 Å². The second-order valence-corrected chi connectivity index (χ2v) is 9.05. The van der Waals surface area contributed by atoms with Gasteiger partial charge in [-0.3, -0.25) is 10.1 Å². The van der Waals surface area contributed by atoms with E-state index < -0.39 is 0 Å². The van der Waals surface area contributed by atoms with Crippen molar-refractivity contribution in [2.75, 3.05) is 36.8 Å². The lowest BCUT2D eigenvalue weighted by Gasteiger charge is -2.27. The number of likely N-dealkylation sites (tertiary alicyclic amines) is 1. The Morgan fingerprint density at radius 2 is 2.23 bits per heavy atom. The minimum atomic E-state index is 0.559. The number of nitrogens with zero attached hydrogens (tertiary/aromatic N) is 7. The van der Waals surface area contributed by atoms with Crippen molar-refractivity contribution in [3.05, 3.63) is 48.4 Å².